The maximum atomic E-state index is 12.0. The molecule has 5 nitrogen and oxygen atoms in total. The summed E-state index contributed by atoms with van der Waals surface area (Å²) in [5.74, 6) is 2.18. The maximum absolute atomic E-state index is 12.0. The van der Waals surface area contributed by atoms with E-state index in [2.05, 4.69) is 25.9 Å². The van der Waals surface area contributed by atoms with Gasteiger partial charge < -0.3 is 14.5 Å². The first-order valence-corrected chi connectivity index (χ1v) is 7.45. The smallest absolute Gasteiger partial charge is 0.265 e. The van der Waals surface area contributed by atoms with Crippen LogP contribution in [0.4, 0.5) is 0 Å². The number of H-pyrrole nitrogens is 1. The Morgan fingerprint density at radius 3 is 2.57 bits per heavy atom. The highest BCUT2D eigenvalue weighted by molar-refractivity contribution is 9.10. The van der Waals surface area contributed by atoms with Crippen molar-refractivity contribution in [1.29, 1.82) is 0 Å². The number of hydrogen-bond donors (Lipinski definition) is 1. The fraction of sp³-hybridized carbons (Fsp3) is 0.333. The van der Waals surface area contributed by atoms with E-state index in [-0.39, 0.29) is 5.56 Å². The summed E-state index contributed by atoms with van der Waals surface area (Å²) in [5, 5.41) is 0. The molecule has 0 aliphatic heterocycles. The number of rotatable bonds is 4. The van der Waals surface area contributed by atoms with E-state index >= 15 is 0 Å². The van der Waals surface area contributed by atoms with E-state index in [1.54, 1.807) is 20.3 Å². The van der Waals surface area contributed by atoms with Crippen LogP contribution in [0.2, 0.25) is 0 Å². The Bertz CT molecular complexity index is 738. The maximum Gasteiger partial charge on any atom is 0.265 e. The van der Waals surface area contributed by atoms with Gasteiger partial charge in [-0.25, -0.2) is 4.98 Å². The highest BCUT2D eigenvalue weighted by Crippen LogP contribution is 2.41. The van der Waals surface area contributed by atoms with Crippen LogP contribution in [0, 0.1) is 0 Å². The van der Waals surface area contributed by atoms with Gasteiger partial charge in [-0.3, -0.25) is 4.79 Å². The highest BCUT2D eigenvalue weighted by Gasteiger charge is 2.29. The monoisotopic (exact) mass is 350 g/mol. The average molecular weight is 351 g/mol. The molecule has 0 saturated heterocycles. The molecular weight excluding hydrogens is 336 g/mol. The summed E-state index contributed by atoms with van der Waals surface area (Å²) in [5.41, 5.74) is 1.47. The average Bonchev–Trinajstić information content (AvgIpc) is 3.33. The molecule has 0 spiro atoms. The first kappa shape index (κ1) is 14.1. The van der Waals surface area contributed by atoms with E-state index < -0.39 is 0 Å². The van der Waals surface area contributed by atoms with Gasteiger partial charge >= 0.3 is 0 Å². The molecular formula is C15H15BrN2O3. The second-order valence-corrected chi connectivity index (χ2v) is 5.75. The number of benzene rings is 1. The number of methoxy groups -OCH3 is 2. The Kier molecular flexibility index (Phi) is 3.71. The van der Waals surface area contributed by atoms with Gasteiger partial charge in [0.25, 0.3) is 5.56 Å². The molecule has 2 aromatic rings. The number of ether oxygens (including phenoxy) is 2. The second kappa shape index (κ2) is 5.52. The predicted octanol–water partition coefficient (Wildman–Crippen LogP) is 3.09. The number of halogens is 1. The van der Waals surface area contributed by atoms with Crippen LogP contribution >= 0.6 is 15.9 Å². The molecule has 6 heteroatoms. The van der Waals surface area contributed by atoms with Crippen LogP contribution in [0.25, 0.3) is 11.4 Å². The number of nitrogens with one attached hydrogen (secondary N) is 1. The van der Waals surface area contributed by atoms with E-state index in [0.717, 1.165) is 24.1 Å². The van der Waals surface area contributed by atoms with Crippen molar-refractivity contribution >= 4 is 15.9 Å². The van der Waals surface area contributed by atoms with Gasteiger partial charge in [-0.15, -0.1) is 0 Å². The molecule has 0 amide bonds. The molecule has 0 radical (unpaired) electrons. The molecule has 0 unspecified atom stereocenters. The lowest BCUT2D eigenvalue weighted by Crippen LogP contribution is -2.13. The fourth-order valence-corrected chi connectivity index (χ4v) is 2.74. The molecule has 1 aromatic heterocycles. The van der Waals surface area contributed by atoms with Gasteiger partial charge in [-0.2, -0.15) is 0 Å². The van der Waals surface area contributed by atoms with Crippen molar-refractivity contribution in [2.75, 3.05) is 14.2 Å². The molecule has 1 N–H and O–H groups in total. The Hall–Kier alpha value is -1.82. The first-order valence-electron chi connectivity index (χ1n) is 6.66. The molecule has 0 atom stereocenters. The number of hydrogen-bond acceptors (Lipinski definition) is 4. The van der Waals surface area contributed by atoms with Crippen molar-refractivity contribution in [3.63, 3.8) is 0 Å². The van der Waals surface area contributed by atoms with Gasteiger partial charge in [-0.1, -0.05) is 0 Å². The van der Waals surface area contributed by atoms with Gasteiger partial charge in [0.2, 0.25) is 0 Å². The SMILES string of the molecule is COc1ccc(-c2nc(C3CC3)c(Br)c(=O)[nH]2)cc1OC. The Morgan fingerprint density at radius 1 is 1.24 bits per heavy atom. The van der Waals surface area contributed by atoms with Gasteiger partial charge in [0.15, 0.2) is 11.5 Å². The molecule has 0 bridgehead atoms. The lowest BCUT2D eigenvalue weighted by Gasteiger charge is -2.10. The predicted molar refractivity (Wildman–Crippen MR) is 83.1 cm³/mol. The quantitative estimate of drug-likeness (QED) is 0.920. The van der Waals surface area contributed by atoms with Gasteiger partial charge in [-0.05, 0) is 47.0 Å². The normalized spacial score (nSPS) is 14.0. The highest BCUT2D eigenvalue weighted by atomic mass is 79.9. The summed E-state index contributed by atoms with van der Waals surface area (Å²) in [6.07, 6.45) is 2.17. The van der Waals surface area contributed by atoms with Crippen LogP contribution in [0.5, 0.6) is 11.5 Å². The summed E-state index contributed by atoms with van der Waals surface area (Å²) < 4.78 is 11.0. The molecule has 1 fully saturated rings. The molecule has 21 heavy (non-hydrogen) atoms. The Balaban J connectivity index is 2.10. The van der Waals surface area contributed by atoms with Crippen LogP contribution < -0.4 is 15.0 Å². The summed E-state index contributed by atoms with van der Waals surface area (Å²) in [6.45, 7) is 0. The zero-order valence-corrected chi connectivity index (χ0v) is 13.4. The van der Waals surface area contributed by atoms with Crippen molar-refractivity contribution in [3.05, 3.63) is 38.7 Å². The Labute approximate surface area is 130 Å². The van der Waals surface area contributed by atoms with Crippen LogP contribution in [-0.4, -0.2) is 24.2 Å². The fourth-order valence-electron chi connectivity index (χ4n) is 2.22. The zero-order chi connectivity index (χ0) is 15.0. The number of nitrogens with zero attached hydrogens (tertiary/aromatic N) is 1. The molecule has 110 valence electrons. The molecule has 1 saturated carbocycles. The van der Waals surface area contributed by atoms with Crippen molar-refractivity contribution in [1.82, 2.24) is 9.97 Å². The van der Waals surface area contributed by atoms with Crippen molar-refractivity contribution < 1.29 is 9.47 Å². The molecule has 1 aliphatic rings. The lowest BCUT2D eigenvalue weighted by atomic mass is 10.1. The second-order valence-electron chi connectivity index (χ2n) is 4.96. The van der Waals surface area contributed by atoms with Crippen molar-refractivity contribution in [2.24, 2.45) is 0 Å². The molecule has 1 aromatic carbocycles. The van der Waals surface area contributed by atoms with Gasteiger partial charge in [0, 0.05) is 11.5 Å². The van der Waals surface area contributed by atoms with Gasteiger partial charge in [0.1, 0.15) is 10.3 Å². The van der Waals surface area contributed by atoms with Crippen molar-refractivity contribution in [2.45, 2.75) is 18.8 Å². The molecule has 1 aliphatic carbocycles. The van der Waals surface area contributed by atoms with E-state index in [1.165, 1.54) is 0 Å². The van der Waals surface area contributed by atoms with Crippen LogP contribution in [0.15, 0.2) is 27.5 Å². The topological polar surface area (TPSA) is 64.2 Å². The van der Waals surface area contributed by atoms with E-state index in [4.69, 9.17) is 9.47 Å². The third-order valence-electron chi connectivity index (χ3n) is 3.51. The Morgan fingerprint density at radius 2 is 1.95 bits per heavy atom. The van der Waals surface area contributed by atoms with E-state index in [9.17, 15) is 4.79 Å². The number of aromatic nitrogens is 2. The minimum Gasteiger partial charge on any atom is -0.493 e. The lowest BCUT2D eigenvalue weighted by molar-refractivity contribution is 0.355. The van der Waals surface area contributed by atoms with Crippen molar-refractivity contribution in [3.8, 4) is 22.9 Å². The summed E-state index contributed by atoms with van der Waals surface area (Å²) >= 11 is 3.33. The van der Waals surface area contributed by atoms with E-state index in [0.29, 0.717) is 27.7 Å². The molecule has 1 heterocycles. The first-order chi connectivity index (χ1) is 10.1. The molecule has 3 rings (SSSR count). The number of aromatic amines is 1. The summed E-state index contributed by atoms with van der Waals surface area (Å²) in [7, 11) is 3.16. The van der Waals surface area contributed by atoms with Crippen LogP contribution in [0.1, 0.15) is 24.5 Å². The third kappa shape index (κ3) is 2.68. The summed E-state index contributed by atoms with van der Waals surface area (Å²) in [4.78, 5) is 19.4. The third-order valence-corrected chi connectivity index (χ3v) is 4.28. The van der Waals surface area contributed by atoms with Crippen LogP contribution in [-0.2, 0) is 0 Å². The largest absolute Gasteiger partial charge is 0.493 e. The minimum absolute atomic E-state index is 0.156. The van der Waals surface area contributed by atoms with Crippen LogP contribution in [0.3, 0.4) is 0 Å². The summed E-state index contributed by atoms with van der Waals surface area (Å²) in [6, 6.07) is 5.46. The zero-order valence-electron chi connectivity index (χ0n) is 11.8. The standard InChI is InChI=1S/C15H15BrN2O3/c1-20-10-6-5-9(7-11(10)21-2)14-17-13(8-3-4-8)12(16)15(19)18-14/h5-8H,3-4H2,1-2H3,(H,17,18,19). The van der Waals surface area contributed by atoms with E-state index in [1.807, 2.05) is 12.1 Å². The minimum atomic E-state index is -0.156. The van der Waals surface area contributed by atoms with Gasteiger partial charge in [0.05, 0.1) is 19.9 Å².